The van der Waals surface area contributed by atoms with E-state index in [-0.39, 0.29) is 24.7 Å². The Balaban J connectivity index is 1.69. The van der Waals surface area contributed by atoms with Crippen molar-refractivity contribution < 1.29 is 26.7 Å². The summed E-state index contributed by atoms with van der Waals surface area (Å²) in [5.41, 5.74) is 0.605. The number of carbonyl (C=O) groups excluding carboxylic acids is 1. The predicted octanol–water partition coefficient (Wildman–Crippen LogP) is 6.22. The van der Waals surface area contributed by atoms with Gasteiger partial charge in [0.25, 0.3) is 5.91 Å². The summed E-state index contributed by atoms with van der Waals surface area (Å²) in [7, 11) is 0. The van der Waals surface area contributed by atoms with Gasteiger partial charge in [0.15, 0.2) is 11.6 Å². The summed E-state index contributed by atoms with van der Waals surface area (Å²) in [5, 5.41) is 6.18. The molecule has 1 saturated heterocycles. The maximum absolute atomic E-state index is 14.8. The highest BCUT2D eigenvalue weighted by molar-refractivity contribution is 6.31. The molecule has 1 aliphatic rings. The van der Waals surface area contributed by atoms with E-state index < -0.39 is 35.7 Å². The lowest BCUT2D eigenvalue weighted by Crippen LogP contribution is -2.47. The van der Waals surface area contributed by atoms with Gasteiger partial charge in [-0.25, -0.2) is 8.78 Å². The van der Waals surface area contributed by atoms with Crippen LogP contribution in [0.4, 0.5) is 33.3 Å². The molecule has 1 atom stereocenters. The lowest BCUT2D eigenvalue weighted by Gasteiger charge is -2.37. The fraction of sp³-hybridized carbons (Fsp3) is 0.500. The normalized spacial score (nSPS) is 15.6. The molecule has 5 nitrogen and oxygen atoms in total. The van der Waals surface area contributed by atoms with Crippen LogP contribution >= 0.6 is 11.6 Å². The van der Waals surface area contributed by atoms with Crippen molar-refractivity contribution in [1.82, 2.24) is 10.2 Å². The zero-order valence-electron chi connectivity index (χ0n) is 20.9. The third-order valence-electron chi connectivity index (χ3n) is 6.40. The molecule has 37 heavy (non-hydrogen) atoms. The summed E-state index contributed by atoms with van der Waals surface area (Å²) < 4.78 is 67.1. The van der Waals surface area contributed by atoms with Gasteiger partial charge in [0.2, 0.25) is 0 Å². The number of hydrogen-bond donors (Lipinski definition) is 2. The van der Waals surface area contributed by atoms with Crippen LogP contribution in [0.25, 0.3) is 0 Å². The van der Waals surface area contributed by atoms with E-state index in [0.717, 1.165) is 12.8 Å². The van der Waals surface area contributed by atoms with E-state index in [1.165, 1.54) is 12.1 Å². The third kappa shape index (κ3) is 8.28. The van der Waals surface area contributed by atoms with Gasteiger partial charge in [0, 0.05) is 55.9 Å². The van der Waals surface area contributed by atoms with Crippen molar-refractivity contribution in [3.8, 4) is 0 Å². The van der Waals surface area contributed by atoms with E-state index in [9.17, 15) is 26.7 Å². The molecule has 11 heteroatoms. The van der Waals surface area contributed by atoms with E-state index in [1.807, 2.05) is 18.7 Å². The zero-order valence-corrected chi connectivity index (χ0v) is 21.7. The molecular weight excluding hydrogens is 515 g/mol. The molecule has 0 aromatic heterocycles. The molecule has 3 rings (SSSR count). The van der Waals surface area contributed by atoms with Crippen molar-refractivity contribution in [3.05, 3.63) is 58.1 Å². The number of halogens is 6. The first-order valence-corrected chi connectivity index (χ1v) is 12.7. The Morgan fingerprint density at radius 3 is 2.43 bits per heavy atom. The Kier molecular flexibility index (Phi) is 10.1. The van der Waals surface area contributed by atoms with E-state index in [1.54, 1.807) is 23.1 Å². The Hall–Kier alpha value is -2.43. The van der Waals surface area contributed by atoms with Crippen LogP contribution in [-0.4, -0.2) is 55.7 Å². The van der Waals surface area contributed by atoms with Gasteiger partial charge < -0.3 is 15.5 Å². The third-order valence-corrected chi connectivity index (χ3v) is 6.64. The molecule has 0 bridgehead atoms. The first-order chi connectivity index (χ1) is 17.5. The molecule has 204 valence electrons. The summed E-state index contributed by atoms with van der Waals surface area (Å²) in [6.45, 7) is 5.71. The molecule has 1 heterocycles. The highest BCUT2D eigenvalue weighted by atomic mass is 35.5. The smallest absolute Gasteiger partial charge is 0.367 e. The molecule has 2 aromatic carbocycles. The summed E-state index contributed by atoms with van der Waals surface area (Å²) in [6, 6.07) is 7.54. The molecular formula is C26H32ClF5N4O. The molecule has 0 radical (unpaired) electrons. The Labute approximate surface area is 219 Å². The summed E-state index contributed by atoms with van der Waals surface area (Å²) >= 11 is 6.16. The van der Waals surface area contributed by atoms with Crippen LogP contribution in [-0.2, 0) is 6.54 Å². The molecule has 1 fully saturated rings. The van der Waals surface area contributed by atoms with Gasteiger partial charge in [-0.3, -0.25) is 9.69 Å². The molecule has 1 amide bonds. The topological polar surface area (TPSA) is 47.6 Å². The SMILES string of the molecule is CCC[C@H](C)NCc1ccc(C(=O)Nc2ccc(Cl)cc2N2CCN(CCC(F)(F)F)CC2)c(F)c1F. The van der Waals surface area contributed by atoms with E-state index >= 15 is 0 Å². The minimum atomic E-state index is -4.21. The number of piperazine rings is 1. The van der Waals surface area contributed by atoms with Crippen LogP contribution in [0.5, 0.6) is 0 Å². The maximum atomic E-state index is 14.8. The molecule has 0 unspecified atom stereocenters. The van der Waals surface area contributed by atoms with Crippen molar-refractivity contribution in [2.75, 3.05) is 42.9 Å². The van der Waals surface area contributed by atoms with Crippen LogP contribution in [0, 0.1) is 11.6 Å². The standard InChI is InChI=1S/C26H32ClF5N4O/c1-3-4-17(2)33-16-18-5-7-20(24(29)23(18)28)25(37)34-21-8-6-19(27)15-22(21)36-13-11-35(12-14-36)10-9-26(30,31)32/h5-8,15,17,33H,3-4,9-14,16H2,1-2H3,(H,34,37)/t17-/m0/s1. The predicted molar refractivity (Wildman–Crippen MR) is 136 cm³/mol. The summed E-state index contributed by atoms with van der Waals surface area (Å²) in [6.07, 6.45) is -3.22. The number of nitrogens with zero attached hydrogens (tertiary/aromatic N) is 2. The van der Waals surface area contributed by atoms with Crippen LogP contribution in [0.3, 0.4) is 0 Å². The minimum absolute atomic E-state index is 0.0790. The second-order valence-corrected chi connectivity index (χ2v) is 9.72. The van der Waals surface area contributed by atoms with E-state index in [2.05, 4.69) is 10.6 Å². The lowest BCUT2D eigenvalue weighted by atomic mass is 10.1. The largest absolute Gasteiger partial charge is 0.390 e. The number of benzene rings is 2. The van der Waals surface area contributed by atoms with Crippen LogP contribution in [0.15, 0.2) is 30.3 Å². The van der Waals surface area contributed by atoms with Crippen LogP contribution < -0.4 is 15.5 Å². The molecule has 0 saturated carbocycles. The fourth-order valence-electron chi connectivity index (χ4n) is 4.28. The number of amides is 1. The van der Waals surface area contributed by atoms with Crippen molar-refractivity contribution >= 4 is 28.9 Å². The molecule has 2 aromatic rings. The Morgan fingerprint density at radius 1 is 1.08 bits per heavy atom. The van der Waals surface area contributed by atoms with Gasteiger partial charge in [-0.15, -0.1) is 0 Å². The first-order valence-electron chi connectivity index (χ1n) is 12.3. The minimum Gasteiger partial charge on any atom is -0.367 e. The fourth-order valence-corrected chi connectivity index (χ4v) is 4.45. The van der Waals surface area contributed by atoms with Gasteiger partial charge in [-0.1, -0.05) is 31.0 Å². The molecule has 0 aliphatic carbocycles. The van der Waals surface area contributed by atoms with Crippen molar-refractivity contribution in [2.45, 2.75) is 51.9 Å². The first kappa shape index (κ1) is 29.1. The Morgan fingerprint density at radius 2 is 1.78 bits per heavy atom. The van der Waals surface area contributed by atoms with Gasteiger partial charge in [-0.2, -0.15) is 13.2 Å². The Bertz CT molecular complexity index is 1070. The monoisotopic (exact) mass is 546 g/mol. The van der Waals surface area contributed by atoms with E-state index in [0.29, 0.717) is 42.6 Å². The number of hydrogen-bond acceptors (Lipinski definition) is 4. The second kappa shape index (κ2) is 12.9. The highest BCUT2D eigenvalue weighted by Crippen LogP contribution is 2.31. The van der Waals surface area contributed by atoms with Crippen LogP contribution in [0.2, 0.25) is 5.02 Å². The lowest BCUT2D eigenvalue weighted by molar-refractivity contribution is -0.138. The number of carbonyl (C=O) groups is 1. The molecule has 1 aliphatic heterocycles. The number of anilines is 2. The maximum Gasteiger partial charge on any atom is 0.390 e. The quantitative estimate of drug-likeness (QED) is 0.347. The average Bonchev–Trinajstić information content (AvgIpc) is 2.84. The van der Waals surface area contributed by atoms with Crippen molar-refractivity contribution in [2.24, 2.45) is 0 Å². The average molecular weight is 547 g/mol. The highest BCUT2D eigenvalue weighted by Gasteiger charge is 2.29. The summed E-state index contributed by atoms with van der Waals surface area (Å²) in [5.74, 6) is -3.12. The van der Waals surface area contributed by atoms with Crippen molar-refractivity contribution in [1.29, 1.82) is 0 Å². The number of rotatable bonds is 10. The second-order valence-electron chi connectivity index (χ2n) is 9.28. The van der Waals surface area contributed by atoms with E-state index in [4.69, 9.17) is 11.6 Å². The van der Waals surface area contributed by atoms with Gasteiger partial charge >= 0.3 is 6.18 Å². The zero-order chi connectivity index (χ0) is 27.2. The van der Waals surface area contributed by atoms with Crippen molar-refractivity contribution in [3.63, 3.8) is 0 Å². The van der Waals surface area contributed by atoms with Gasteiger partial charge in [-0.05, 0) is 37.6 Å². The molecule has 0 spiro atoms. The van der Waals surface area contributed by atoms with Crippen LogP contribution in [0.1, 0.15) is 49.0 Å². The van der Waals surface area contributed by atoms with Gasteiger partial charge in [0.05, 0.1) is 23.4 Å². The number of alkyl halides is 3. The summed E-state index contributed by atoms with van der Waals surface area (Å²) in [4.78, 5) is 16.5. The van der Waals surface area contributed by atoms with Gasteiger partial charge in [0.1, 0.15) is 0 Å². The molecule has 2 N–H and O–H groups in total. The number of nitrogens with one attached hydrogen (secondary N) is 2.